The molecule has 1 aliphatic rings. The van der Waals surface area contributed by atoms with E-state index in [1.165, 1.54) is 0 Å². The third-order valence-corrected chi connectivity index (χ3v) is 2.64. The molecular formula is C11H14N2O2S. The van der Waals surface area contributed by atoms with Crippen molar-refractivity contribution >= 4 is 17.2 Å². The average Bonchev–Trinajstić information content (AvgIpc) is 2.30. The first-order valence-corrected chi connectivity index (χ1v) is 5.68. The van der Waals surface area contributed by atoms with E-state index in [1.54, 1.807) is 6.07 Å². The second-order valence-corrected chi connectivity index (χ2v) is 4.09. The van der Waals surface area contributed by atoms with Crippen molar-refractivity contribution in [2.75, 3.05) is 13.2 Å². The number of nitrogens with zero attached hydrogens (tertiary/aromatic N) is 1. The van der Waals surface area contributed by atoms with Gasteiger partial charge in [0.2, 0.25) is 5.88 Å². The van der Waals surface area contributed by atoms with Gasteiger partial charge in [0, 0.05) is 18.9 Å². The van der Waals surface area contributed by atoms with E-state index in [0.29, 0.717) is 11.6 Å². The molecule has 0 aliphatic carbocycles. The predicted octanol–water partition coefficient (Wildman–Crippen LogP) is 1.27. The molecule has 0 radical (unpaired) electrons. The quantitative estimate of drug-likeness (QED) is 0.804. The highest BCUT2D eigenvalue weighted by Gasteiger charge is 2.15. The minimum Gasteiger partial charge on any atom is -0.474 e. The van der Waals surface area contributed by atoms with Gasteiger partial charge in [0.25, 0.3) is 0 Å². The predicted molar refractivity (Wildman–Crippen MR) is 64.6 cm³/mol. The summed E-state index contributed by atoms with van der Waals surface area (Å²) in [5, 5.41) is 0. The number of nitrogens with two attached hydrogens (primary N) is 1. The lowest BCUT2D eigenvalue weighted by Crippen LogP contribution is -2.26. The lowest BCUT2D eigenvalue weighted by Gasteiger charge is -2.22. The van der Waals surface area contributed by atoms with Crippen LogP contribution in [0.4, 0.5) is 0 Å². The van der Waals surface area contributed by atoms with Crippen LogP contribution < -0.4 is 10.5 Å². The Hall–Kier alpha value is -1.20. The Kier molecular flexibility index (Phi) is 3.69. The summed E-state index contributed by atoms with van der Waals surface area (Å²) in [7, 11) is 0. The molecule has 5 heteroatoms. The molecule has 0 unspecified atom stereocenters. The van der Waals surface area contributed by atoms with Gasteiger partial charge in [0.1, 0.15) is 16.8 Å². The highest BCUT2D eigenvalue weighted by Crippen LogP contribution is 2.15. The number of pyridine rings is 1. The Morgan fingerprint density at radius 3 is 2.88 bits per heavy atom. The third-order valence-electron chi connectivity index (χ3n) is 2.43. The standard InChI is InChI=1S/C11H14N2O2S/c12-11(16)9-2-1-3-10(13-9)15-8-4-6-14-7-5-8/h1-3,8H,4-7H2,(H2,12,16). The number of hydrogen-bond acceptors (Lipinski definition) is 4. The molecule has 4 nitrogen and oxygen atoms in total. The Bertz CT molecular complexity index is 378. The fourth-order valence-corrected chi connectivity index (χ4v) is 1.70. The second kappa shape index (κ2) is 5.23. The summed E-state index contributed by atoms with van der Waals surface area (Å²) in [6, 6.07) is 5.44. The van der Waals surface area contributed by atoms with Crippen molar-refractivity contribution in [3.8, 4) is 5.88 Å². The molecule has 0 aromatic carbocycles. The number of ether oxygens (including phenoxy) is 2. The van der Waals surface area contributed by atoms with Crippen LogP contribution in [0.25, 0.3) is 0 Å². The van der Waals surface area contributed by atoms with E-state index < -0.39 is 0 Å². The zero-order valence-electron chi connectivity index (χ0n) is 8.89. The first kappa shape index (κ1) is 11.3. The molecule has 1 saturated heterocycles. The number of thiocarbonyl (C=S) groups is 1. The Morgan fingerprint density at radius 1 is 1.44 bits per heavy atom. The maximum absolute atomic E-state index is 5.74. The summed E-state index contributed by atoms with van der Waals surface area (Å²) in [6.07, 6.45) is 1.99. The van der Waals surface area contributed by atoms with E-state index in [9.17, 15) is 0 Å². The van der Waals surface area contributed by atoms with Crippen LogP contribution in [0.5, 0.6) is 5.88 Å². The van der Waals surface area contributed by atoms with Crippen LogP contribution in [-0.4, -0.2) is 29.3 Å². The van der Waals surface area contributed by atoms with Gasteiger partial charge in [-0.1, -0.05) is 18.3 Å². The molecule has 2 rings (SSSR count). The van der Waals surface area contributed by atoms with Crippen LogP contribution in [0.1, 0.15) is 18.5 Å². The van der Waals surface area contributed by atoms with Crippen LogP contribution in [0.3, 0.4) is 0 Å². The van der Waals surface area contributed by atoms with Gasteiger partial charge in [-0.3, -0.25) is 0 Å². The van der Waals surface area contributed by atoms with Crippen molar-refractivity contribution in [1.82, 2.24) is 4.98 Å². The monoisotopic (exact) mass is 238 g/mol. The fraction of sp³-hybridized carbons (Fsp3) is 0.455. The molecule has 1 aliphatic heterocycles. The third kappa shape index (κ3) is 2.90. The zero-order chi connectivity index (χ0) is 11.4. The summed E-state index contributed by atoms with van der Waals surface area (Å²) >= 11 is 4.87. The van der Waals surface area contributed by atoms with Crippen molar-refractivity contribution in [2.24, 2.45) is 5.73 Å². The zero-order valence-corrected chi connectivity index (χ0v) is 9.70. The van der Waals surface area contributed by atoms with Gasteiger partial charge < -0.3 is 15.2 Å². The maximum Gasteiger partial charge on any atom is 0.214 e. The molecule has 0 spiro atoms. The van der Waals surface area contributed by atoms with Crippen molar-refractivity contribution in [2.45, 2.75) is 18.9 Å². The SMILES string of the molecule is NC(=S)c1cccc(OC2CCOCC2)n1. The Balaban J connectivity index is 2.02. The van der Waals surface area contributed by atoms with Gasteiger partial charge in [0.05, 0.1) is 13.2 Å². The number of rotatable bonds is 3. The van der Waals surface area contributed by atoms with Gasteiger partial charge >= 0.3 is 0 Å². The second-order valence-electron chi connectivity index (χ2n) is 3.65. The van der Waals surface area contributed by atoms with E-state index in [-0.39, 0.29) is 11.1 Å². The summed E-state index contributed by atoms with van der Waals surface area (Å²) in [4.78, 5) is 4.53. The van der Waals surface area contributed by atoms with Crippen molar-refractivity contribution in [1.29, 1.82) is 0 Å². The topological polar surface area (TPSA) is 57.4 Å². The maximum atomic E-state index is 5.74. The van der Waals surface area contributed by atoms with E-state index in [1.807, 2.05) is 12.1 Å². The Labute approximate surface area is 99.8 Å². The smallest absolute Gasteiger partial charge is 0.214 e. The Morgan fingerprint density at radius 2 is 2.19 bits per heavy atom. The largest absolute Gasteiger partial charge is 0.474 e. The first-order chi connectivity index (χ1) is 7.75. The summed E-state index contributed by atoms with van der Waals surface area (Å²) in [5.74, 6) is 0.581. The van der Waals surface area contributed by atoms with Gasteiger partial charge in [-0.05, 0) is 6.07 Å². The van der Waals surface area contributed by atoms with Crippen molar-refractivity contribution in [3.63, 3.8) is 0 Å². The molecular weight excluding hydrogens is 224 g/mol. The van der Waals surface area contributed by atoms with Crippen molar-refractivity contribution < 1.29 is 9.47 Å². The normalized spacial score (nSPS) is 17.0. The van der Waals surface area contributed by atoms with E-state index in [2.05, 4.69) is 4.98 Å². The molecule has 0 amide bonds. The fourth-order valence-electron chi connectivity index (χ4n) is 1.58. The number of aromatic nitrogens is 1. The number of hydrogen-bond donors (Lipinski definition) is 1. The van der Waals surface area contributed by atoms with Crippen LogP contribution in [0, 0.1) is 0 Å². The van der Waals surface area contributed by atoms with Crippen LogP contribution >= 0.6 is 12.2 Å². The lowest BCUT2D eigenvalue weighted by atomic mass is 10.1. The van der Waals surface area contributed by atoms with Crippen LogP contribution in [-0.2, 0) is 4.74 Å². The van der Waals surface area contributed by atoms with Gasteiger partial charge in [0.15, 0.2) is 0 Å². The minimum atomic E-state index is 0.183. The molecule has 2 N–H and O–H groups in total. The molecule has 1 aromatic rings. The van der Waals surface area contributed by atoms with E-state index in [4.69, 9.17) is 27.4 Å². The first-order valence-electron chi connectivity index (χ1n) is 5.27. The molecule has 0 atom stereocenters. The van der Waals surface area contributed by atoms with E-state index >= 15 is 0 Å². The van der Waals surface area contributed by atoms with Crippen LogP contribution in [0.2, 0.25) is 0 Å². The minimum absolute atomic E-state index is 0.183. The summed E-state index contributed by atoms with van der Waals surface area (Å²) < 4.78 is 11.0. The lowest BCUT2D eigenvalue weighted by molar-refractivity contribution is 0.0237. The van der Waals surface area contributed by atoms with E-state index in [0.717, 1.165) is 26.1 Å². The van der Waals surface area contributed by atoms with Gasteiger partial charge in [-0.25, -0.2) is 4.98 Å². The molecule has 16 heavy (non-hydrogen) atoms. The molecule has 86 valence electrons. The van der Waals surface area contributed by atoms with Gasteiger partial charge in [-0.15, -0.1) is 0 Å². The van der Waals surface area contributed by atoms with Crippen LogP contribution in [0.15, 0.2) is 18.2 Å². The molecule has 0 bridgehead atoms. The average molecular weight is 238 g/mol. The summed E-state index contributed by atoms with van der Waals surface area (Å²) in [5.41, 5.74) is 6.11. The molecule has 0 saturated carbocycles. The highest BCUT2D eigenvalue weighted by atomic mass is 32.1. The van der Waals surface area contributed by atoms with Gasteiger partial charge in [-0.2, -0.15) is 0 Å². The van der Waals surface area contributed by atoms with Crippen molar-refractivity contribution in [3.05, 3.63) is 23.9 Å². The molecule has 1 fully saturated rings. The summed E-state index contributed by atoms with van der Waals surface area (Å²) in [6.45, 7) is 1.50. The molecule has 2 heterocycles. The molecule has 1 aromatic heterocycles. The highest BCUT2D eigenvalue weighted by molar-refractivity contribution is 7.80.